The van der Waals surface area contributed by atoms with Crippen LogP contribution in [0.2, 0.25) is 0 Å². The molecule has 0 aliphatic rings. The van der Waals surface area contributed by atoms with E-state index in [2.05, 4.69) is 15.4 Å². The highest BCUT2D eigenvalue weighted by Gasteiger charge is 2.31. The Kier molecular flexibility index (Phi) is 6.72. The van der Waals surface area contributed by atoms with E-state index < -0.39 is 11.7 Å². The van der Waals surface area contributed by atoms with E-state index in [4.69, 9.17) is 9.47 Å². The van der Waals surface area contributed by atoms with E-state index in [1.54, 1.807) is 55.5 Å². The second kappa shape index (κ2) is 9.88. The highest BCUT2D eigenvalue weighted by molar-refractivity contribution is 6.06. The number of amides is 1. The van der Waals surface area contributed by atoms with Crippen molar-refractivity contribution in [3.8, 4) is 28.8 Å². The maximum absolute atomic E-state index is 13.2. The quantitative estimate of drug-likeness (QED) is 0.370. The fourth-order valence-corrected chi connectivity index (χ4v) is 3.40. The zero-order chi connectivity index (χ0) is 25.0. The number of carbonyl (C=O) groups is 1. The summed E-state index contributed by atoms with van der Waals surface area (Å²) in [5.74, 6) is 0.281. The molecule has 1 N–H and O–H groups in total. The Bertz CT molecular complexity index is 1330. The van der Waals surface area contributed by atoms with Crippen LogP contribution in [0.4, 0.5) is 18.9 Å². The van der Waals surface area contributed by atoms with Crippen LogP contribution in [0, 0.1) is 0 Å². The average molecular weight is 482 g/mol. The number of methoxy groups -OCH3 is 1. The topological polar surface area (TPSA) is 78.3 Å². The van der Waals surface area contributed by atoms with Crippen molar-refractivity contribution in [3.63, 3.8) is 0 Å². The smallest absolute Gasteiger partial charge is 0.416 e. The van der Waals surface area contributed by atoms with Crippen LogP contribution < -0.4 is 14.8 Å². The first-order valence-corrected chi connectivity index (χ1v) is 10.6. The molecule has 0 radical (unpaired) electrons. The lowest BCUT2D eigenvalue weighted by Crippen LogP contribution is -2.13. The van der Waals surface area contributed by atoms with E-state index in [0.29, 0.717) is 29.3 Å². The van der Waals surface area contributed by atoms with Gasteiger partial charge in [0.25, 0.3) is 5.91 Å². The summed E-state index contributed by atoms with van der Waals surface area (Å²) < 4.78 is 51.7. The van der Waals surface area contributed by atoms with Crippen LogP contribution in [-0.4, -0.2) is 34.4 Å². The highest BCUT2D eigenvalue weighted by Crippen LogP contribution is 2.33. The molecule has 0 aliphatic heterocycles. The summed E-state index contributed by atoms with van der Waals surface area (Å²) in [5.41, 5.74) is 0.842. The largest absolute Gasteiger partial charge is 0.496 e. The van der Waals surface area contributed by atoms with Gasteiger partial charge in [-0.2, -0.15) is 18.2 Å². The number of hydrogen-bond donors (Lipinski definition) is 1. The van der Waals surface area contributed by atoms with E-state index in [9.17, 15) is 18.0 Å². The number of hydrogen-bond acceptors (Lipinski definition) is 5. The number of carbonyl (C=O) groups excluding carboxylic acids is 1. The van der Waals surface area contributed by atoms with Gasteiger partial charge in [0.2, 0.25) is 0 Å². The molecule has 180 valence electrons. The molecule has 0 fully saturated rings. The van der Waals surface area contributed by atoms with Crippen molar-refractivity contribution in [2.75, 3.05) is 19.0 Å². The molecule has 0 bridgehead atoms. The predicted octanol–water partition coefficient (Wildman–Crippen LogP) is 5.61. The second-order valence-electron chi connectivity index (χ2n) is 7.34. The third-order valence-corrected chi connectivity index (χ3v) is 5.03. The number of halogens is 3. The van der Waals surface area contributed by atoms with Crippen molar-refractivity contribution in [2.24, 2.45) is 0 Å². The minimum Gasteiger partial charge on any atom is -0.496 e. The second-order valence-corrected chi connectivity index (χ2v) is 7.34. The number of nitrogens with one attached hydrogen (secondary N) is 1. The Hall–Kier alpha value is -4.34. The van der Waals surface area contributed by atoms with Crippen LogP contribution in [0.25, 0.3) is 17.1 Å². The van der Waals surface area contributed by atoms with Gasteiger partial charge in [-0.3, -0.25) is 4.79 Å². The lowest BCUT2D eigenvalue weighted by Gasteiger charge is -2.11. The molecule has 10 heteroatoms. The van der Waals surface area contributed by atoms with Gasteiger partial charge in [0, 0.05) is 11.3 Å². The summed E-state index contributed by atoms with van der Waals surface area (Å²) >= 11 is 0. The summed E-state index contributed by atoms with van der Waals surface area (Å²) in [6.07, 6.45) is -4.50. The van der Waals surface area contributed by atoms with Gasteiger partial charge in [0.15, 0.2) is 5.82 Å². The standard InChI is InChI=1S/C25H21F3N4O3/c1-3-35-24-30-22(16-7-6-8-17(15-16)25(26,27)28)32(31-24)19-13-11-18(12-14-19)29-23(33)20-9-4-5-10-21(20)34-2/h4-15H,3H2,1-2H3,(H,29,33). The molecule has 1 heterocycles. The number of nitrogens with zero attached hydrogens (tertiary/aromatic N) is 3. The molecule has 7 nitrogen and oxygen atoms in total. The summed E-state index contributed by atoms with van der Waals surface area (Å²) in [4.78, 5) is 16.9. The molecule has 1 amide bonds. The third-order valence-electron chi connectivity index (χ3n) is 5.03. The van der Waals surface area contributed by atoms with E-state index in [-0.39, 0.29) is 23.3 Å². The van der Waals surface area contributed by atoms with Gasteiger partial charge in [0.05, 0.1) is 30.5 Å². The van der Waals surface area contributed by atoms with E-state index >= 15 is 0 Å². The molecular weight excluding hydrogens is 461 g/mol. The van der Waals surface area contributed by atoms with Crippen molar-refractivity contribution < 1.29 is 27.4 Å². The maximum Gasteiger partial charge on any atom is 0.416 e. The van der Waals surface area contributed by atoms with Gasteiger partial charge >= 0.3 is 12.2 Å². The Morgan fingerprint density at radius 1 is 1.03 bits per heavy atom. The van der Waals surface area contributed by atoms with Crippen molar-refractivity contribution in [3.05, 3.63) is 83.9 Å². The molecule has 35 heavy (non-hydrogen) atoms. The first kappa shape index (κ1) is 23.8. The number of para-hydroxylation sites is 1. The van der Waals surface area contributed by atoms with Gasteiger partial charge in [-0.15, -0.1) is 5.10 Å². The molecule has 1 aromatic heterocycles. The number of benzene rings is 3. The van der Waals surface area contributed by atoms with Crippen LogP contribution in [0.3, 0.4) is 0 Å². The van der Waals surface area contributed by atoms with Crippen LogP contribution >= 0.6 is 0 Å². The van der Waals surface area contributed by atoms with Crippen molar-refractivity contribution in [1.82, 2.24) is 14.8 Å². The van der Waals surface area contributed by atoms with E-state index in [0.717, 1.165) is 12.1 Å². The number of anilines is 1. The van der Waals surface area contributed by atoms with Gasteiger partial charge in [-0.25, -0.2) is 4.68 Å². The summed E-state index contributed by atoms with van der Waals surface area (Å²) in [6.45, 7) is 2.05. The van der Waals surface area contributed by atoms with Gasteiger partial charge in [-0.05, 0) is 55.5 Å². The Labute approximate surface area is 199 Å². The number of alkyl halides is 3. The van der Waals surface area contributed by atoms with Gasteiger partial charge in [0.1, 0.15) is 5.75 Å². The first-order chi connectivity index (χ1) is 16.8. The monoisotopic (exact) mass is 482 g/mol. The lowest BCUT2D eigenvalue weighted by atomic mass is 10.1. The molecule has 0 atom stereocenters. The van der Waals surface area contributed by atoms with Crippen LogP contribution in [0.15, 0.2) is 72.8 Å². The van der Waals surface area contributed by atoms with Crippen molar-refractivity contribution in [1.29, 1.82) is 0 Å². The molecule has 0 saturated heterocycles. The van der Waals surface area contributed by atoms with Gasteiger partial charge < -0.3 is 14.8 Å². The van der Waals surface area contributed by atoms with Crippen LogP contribution in [0.5, 0.6) is 11.8 Å². The number of aromatic nitrogens is 3. The average Bonchev–Trinajstić information content (AvgIpc) is 3.28. The van der Waals surface area contributed by atoms with Crippen LogP contribution in [0.1, 0.15) is 22.8 Å². The SMILES string of the molecule is CCOc1nc(-c2cccc(C(F)(F)F)c2)n(-c2ccc(NC(=O)c3ccccc3OC)cc2)n1. The predicted molar refractivity (Wildman–Crippen MR) is 124 cm³/mol. The lowest BCUT2D eigenvalue weighted by molar-refractivity contribution is -0.137. The Morgan fingerprint density at radius 2 is 1.77 bits per heavy atom. The zero-order valence-corrected chi connectivity index (χ0v) is 18.8. The molecule has 0 unspecified atom stereocenters. The fraction of sp³-hybridized carbons (Fsp3) is 0.160. The molecule has 4 aromatic rings. The van der Waals surface area contributed by atoms with Crippen molar-refractivity contribution in [2.45, 2.75) is 13.1 Å². The third kappa shape index (κ3) is 5.26. The van der Waals surface area contributed by atoms with Crippen molar-refractivity contribution >= 4 is 11.6 Å². The molecule has 0 aliphatic carbocycles. The van der Waals surface area contributed by atoms with E-state index in [1.165, 1.54) is 23.9 Å². The first-order valence-electron chi connectivity index (χ1n) is 10.6. The number of rotatable bonds is 7. The zero-order valence-electron chi connectivity index (χ0n) is 18.8. The molecule has 0 saturated carbocycles. The summed E-state index contributed by atoms with van der Waals surface area (Å²) in [7, 11) is 1.48. The summed E-state index contributed by atoms with van der Waals surface area (Å²) in [5, 5.41) is 7.09. The molecule has 3 aromatic carbocycles. The minimum absolute atomic E-state index is 0.0356. The Balaban J connectivity index is 1.65. The normalized spacial score (nSPS) is 11.2. The summed E-state index contributed by atoms with van der Waals surface area (Å²) in [6, 6.07) is 18.3. The van der Waals surface area contributed by atoms with Crippen LogP contribution in [-0.2, 0) is 6.18 Å². The van der Waals surface area contributed by atoms with E-state index in [1.807, 2.05) is 0 Å². The molecular formula is C25H21F3N4O3. The molecule has 4 rings (SSSR count). The fourth-order valence-electron chi connectivity index (χ4n) is 3.40. The minimum atomic E-state index is -4.50. The number of ether oxygens (including phenoxy) is 2. The maximum atomic E-state index is 13.2. The highest BCUT2D eigenvalue weighted by atomic mass is 19.4. The Morgan fingerprint density at radius 3 is 2.46 bits per heavy atom. The van der Waals surface area contributed by atoms with Gasteiger partial charge in [-0.1, -0.05) is 24.3 Å². The molecule has 0 spiro atoms.